The molecule has 0 bridgehead atoms. The molecular weight excluding hydrogens is 230 g/mol. The van der Waals surface area contributed by atoms with E-state index in [1.807, 2.05) is 6.07 Å². The molecule has 0 atom stereocenters. The Morgan fingerprint density at radius 2 is 1.37 bits per heavy atom. The monoisotopic (exact) mass is 243 g/mol. The van der Waals surface area contributed by atoms with Crippen molar-refractivity contribution in [3.8, 4) is 5.69 Å². The fourth-order valence-corrected chi connectivity index (χ4v) is 2.71. The van der Waals surface area contributed by atoms with Gasteiger partial charge in [-0.1, -0.05) is 48.5 Å². The Morgan fingerprint density at radius 1 is 0.579 bits per heavy atom. The van der Waals surface area contributed by atoms with Gasteiger partial charge in [0.05, 0.1) is 5.52 Å². The molecular formula is C18H13N. The number of benzene rings is 3. The molecule has 4 rings (SSSR count). The second-order valence-corrected chi connectivity index (χ2v) is 4.74. The fraction of sp³-hybridized carbons (Fsp3) is 0. The van der Waals surface area contributed by atoms with Gasteiger partial charge in [-0.05, 0) is 35.0 Å². The zero-order chi connectivity index (χ0) is 12.7. The van der Waals surface area contributed by atoms with E-state index >= 15 is 0 Å². The molecule has 4 aromatic rings. The van der Waals surface area contributed by atoms with Crippen LogP contribution in [0, 0.1) is 0 Å². The van der Waals surface area contributed by atoms with E-state index in [2.05, 4.69) is 77.5 Å². The first-order valence-electron chi connectivity index (χ1n) is 6.48. The van der Waals surface area contributed by atoms with Crippen molar-refractivity contribution >= 4 is 21.7 Å². The summed E-state index contributed by atoms with van der Waals surface area (Å²) in [6.45, 7) is 0. The van der Waals surface area contributed by atoms with Crippen molar-refractivity contribution in [2.45, 2.75) is 0 Å². The summed E-state index contributed by atoms with van der Waals surface area (Å²) in [5.41, 5.74) is 2.46. The lowest BCUT2D eigenvalue weighted by Crippen LogP contribution is -1.90. The van der Waals surface area contributed by atoms with Crippen molar-refractivity contribution in [2.75, 3.05) is 0 Å². The van der Waals surface area contributed by atoms with Crippen LogP contribution in [0.5, 0.6) is 0 Å². The fourth-order valence-electron chi connectivity index (χ4n) is 2.71. The molecule has 0 radical (unpaired) electrons. The lowest BCUT2D eigenvalue weighted by Gasteiger charge is -2.06. The summed E-state index contributed by atoms with van der Waals surface area (Å²) >= 11 is 0. The van der Waals surface area contributed by atoms with Gasteiger partial charge >= 0.3 is 0 Å². The Morgan fingerprint density at radius 3 is 2.26 bits per heavy atom. The molecule has 3 aromatic carbocycles. The minimum atomic E-state index is 1.20. The third-order valence-corrected chi connectivity index (χ3v) is 3.63. The Labute approximate surface area is 111 Å². The maximum Gasteiger partial charge on any atom is 0.0534 e. The van der Waals surface area contributed by atoms with Crippen molar-refractivity contribution in [2.24, 2.45) is 0 Å². The first-order chi connectivity index (χ1) is 9.43. The summed E-state index contributed by atoms with van der Waals surface area (Å²) in [5.74, 6) is 0. The van der Waals surface area contributed by atoms with E-state index in [1.54, 1.807) is 0 Å². The molecule has 1 heteroatoms. The molecule has 0 unspecified atom stereocenters. The Hall–Kier alpha value is -2.54. The molecule has 0 saturated carbocycles. The highest BCUT2D eigenvalue weighted by Crippen LogP contribution is 2.27. The van der Waals surface area contributed by atoms with Crippen molar-refractivity contribution in [1.82, 2.24) is 4.57 Å². The summed E-state index contributed by atoms with van der Waals surface area (Å²) in [7, 11) is 0. The average molecular weight is 243 g/mol. The van der Waals surface area contributed by atoms with Crippen molar-refractivity contribution in [3.63, 3.8) is 0 Å². The first-order valence-corrected chi connectivity index (χ1v) is 6.48. The minimum absolute atomic E-state index is 1.20. The van der Waals surface area contributed by atoms with Gasteiger partial charge in [-0.3, -0.25) is 0 Å². The van der Waals surface area contributed by atoms with Crippen LogP contribution in [0.4, 0.5) is 0 Å². The number of nitrogens with zero attached hydrogens (tertiary/aromatic N) is 1. The normalized spacial score (nSPS) is 11.2. The van der Waals surface area contributed by atoms with E-state index in [0.29, 0.717) is 0 Å². The van der Waals surface area contributed by atoms with Crippen LogP contribution in [0.25, 0.3) is 27.4 Å². The quantitative estimate of drug-likeness (QED) is 0.453. The lowest BCUT2D eigenvalue weighted by atomic mass is 10.1. The van der Waals surface area contributed by atoms with Crippen LogP contribution in [0.2, 0.25) is 0 Å². The molecule has 0 aliphatic rings. The van der Waals surface area contributed by atoms with Gasteiger partial charge in [0.2, 0.25) is 0 Å². The van der Waals surface area contributed by atoms with Crippen molar-refractivity contribution < 1.29 is 0 Å². The van der Waals surface area contributed by atoms with Crippen molar-refractivity contribution in [3.05, 3.63) is 79.0 Å². The molecule has 0 N–H and O–H groups in total. The molecule has 1 heterocycles. The number of hydrogen-bond acceptors (Lipinski definition) is 0. The van der Waals surface area contributed by atoms with Gasteiger partial charge < -0.3 is 4.57 Å². The summed E-state index contributed by atoms with van der Waals surface area (Å²) < 4.78 is 2.24. The maximum absolute atomic E-state index is 2.24. The van der Waals surface area contributed by atoms with E-state index in [4.69, 9.17) is 0 Å². The van der Waals surface area contributed by atoms with Crippen molar-refractivity contribution in [1.29, 1.82) is 0 Å². The minimum Gasteiger partial charge on any atom is -0.317 e. The zero-order valence-electron chi connectivity index (χ0n) is 10.5. The number of hydrogen-bond donors (Lipinski definition) is 0. The zero-order valence-corrected chi connectivity index (χ0v) is 10.5. The van der Waals surface area contributed by atoms with Crippen LogP contribution in [-0.4, -0.2) is 4.57 Å². The van der Waals surface area contributed by atoms with Crippen LogP contribution < -0.4 is 0 Å². The number of aromatic nitrogens is 1. The third kappa shape index (κ3) is 1.55. The summed E-state index contributed by atoms with van der Waals surface area (Å²) in [6.07, 6.45) is 2.15. The van der Waals surface area contributed by atoms with E-state index in [0.717, 1.165) is 0 Å². The SMILES string of the molecule is c1ccc(-n2ccc3c4ccccc4ccc32)cc1. The number of fused-ring (bicyclic) bond motifs is 3. The molecule has 0 fully saturated rings. The van der Waals surface area contributed by atoms with Gasteiger partial charge in [-0.25, -0.2) is 0 Å². The average Bonchev–Trinajstić information content (AvgIpc) is 2.92. The Kier molecular flexibility index (Phi) is 2.18. The maximum atomic E-state index is 2.24. The van der Waals surface area contributed by atoms with Crippen LogP contribution in [-0.2, 0) is 0 Å². The summed E-state index contributed by atoms with van der Waals surface area (Å²) in [6, 6.07) is 25.6. The van der Waals surface area contributed by atoms with Gasteiger partial charge in [0.15, 0.2) is 0 Å². The van der Waals surface area contributed by atoms with Crippen LogP contribution >= 0.6 is 0 Å². The molecule has 0 spiro atoms. The third-order valence-electron chi connectivity index (χ3n) is 3.63. The molecule has 1 aromatic heterocycles. The van der Waals surface area contributed by atoms with Gasteiger partial charge in [0.1, 0.15) is 0 Å². The second kappa shape index (κ2) is 3.99. The van der Waals surface area contributed by atoms with Gasteiger partial charge in [-0.15, -0.1) is 0 Å². The van der Waals surface area contributed by atoms with E-state index < -0.39 is 0 Å². The molecule has 0 amide bonds. The number of para-hydroxylation sites is 1. The molecule has 1 nitrogen and oxygen atoms in total. The highest BCUT2D eigenvalue weighted by atomic mass is 15.0. The second-order valence-electron chi connectivity index (χ2n) is 4.74. The topological polar surface area (TPSA) is 4.93 Å². The standard InChI is InChI=1S/C18H13N/c1-2-7-15(8-3-1)19-13-12-17-16-9-5-4-6-14(16)10-11-18(17)19/h1-13H. The highest BCUT2D eigenvalue weighted by molar-refractivity contribution is 6.07. The predicted octanol–water partition coefficient (Wildman–Crippen LogP) is 4.78. The molecule has 0 saturated heterocycles. The highest BCUT2D eigenvalue weighted by Gasteiger charge is 2.05. The van der Waals surface area contributed by atoms with Crippen LogP contribution in [0.3, 0.4) is 0 Å². The largest absolute Gasteiger partial charge is 0.317 e. The molecule has 0 aliphatic heterocycles. The Bertz CT molecular complexity index is 857. The summed E-state index contributed by atoms with van der Waals surface area (Å²) in [5, 5.41) is 3.91. The molecule has 0 aliphatic carbocycles. The summed E-state index contributed by atoms with van der Waals surface area (Å²) in [4.78, 5) is 0. The van der Waals surface area contributed by atoms with Crippen LogP contribution in [0.15, 0.2) is 79.0 Å². The lowest BCUT2D eigenvalue weighted by molar-refractivity contribution is 1.13. The van der Waals surface area contributed by atoms with Gasteiger partial charge in [0.25, 0.3) is 0 Å². The molecule has 90 valence electrons. The Balaban J connectivity index is 2.08. The predicted molar refractivity (Wildman–Crippen MR) is 80.8 cm³/mol. The van der Waals surface area contributed by atoms with E-state index in [9.17, 15) is 0 Å². The smallest absolute Gasteiger partial charge is 0.0534 e. The first kappa shape index (κ1) is 10.4. The number of rotatable bonds is 1. The molecule has 19 heavy (non-hydrogen) atoms. The van der Waals surface area contributed by atoms with Crippen LogP contribution in [0.1, 0.15) is 0 Å². The van der Waals surface area contributed by atoms with Gasteiger partial charge in [-0.2, -0.15) is 0 Å². The van der Waals surface area contributed by atoms with E-state index in [-0.39, 0.29) is 0 Å². The van der Waals surface area contributed by atoms with Gasteiger partial charge in [0, 0.05) is 17.3 Å². The van der Waals surface area contributed by atoms with E-state index in [1.165, 1.54) is 27.4 Å².